The van der Waals surface area contributed by atoms with Crippen LogP contribution >= 0.6 is 0 Å². The van der Waals surface area contributed by atoms with E-state index in [0.29, 0.717) is 0 Å². The molecule has 0 aliphatic heterocycles. The van der Waals surface area contributed by atoms with Crippen molar-refractivity contribution >= 4 is 11.8 Å². The van der Waals surface area contributed by atoms with E-state index in [1.807, 2.05) is 39.0 Å². The normalized spacial score (nSPS) is 20.4. The third-order valence-corrected chi connectivity index (χ3v) is 3.57. The van der Waals surface area contributed by atoms with Crippen LogP contribution < -0.4 is 11.1 Å². The van der Waals surface area contributed by atoms with Gasteiger partial charge in [0.1, 0.15) is 5.60 Å². The summed E-state index contributed by atoms with van der Waals surface area (Å²) in [5.74, 6) is 0. The molecule has 0 bridgehead atoms. The minimum absolute atomic E-state index is 0.0486. The number of carbonyl (C=O) groups is 1. The minimum atomic E-state index is -0.495. The number of fused-ring (bicyclic) bond motifs is 1. The van der Waals surface area contributed by atoms with Crippen LogP contribution in [-0.4, -0.2) is 11.7 Å². The van der Waals surface area contributed by atoms with E-state index in [1.54, 1.807) is 0 Å². The Balaban J connectivity index is 2.23. The summed E-state index contributed by atoms with van der Waals surface area (Å²) in [6, 6.07) is 5.83. The number of hydrogen-bond acceptors (Lipinski definition) is 3. The summed E-state index contributed by atoms with van der Waals surface area (Å²) in [4.78, 5) is 12.0. The van der Waals surface area contributed by atoms with E-state index in [1.165, 1.54) is 5.56 Å². The summed E-state index contributed by atoms with van der Waals surface area (Å²) < 4.78 is 5.36. The number of carbonyl (C=O) groups excluding carboxylic acids is 1. The number of ether oxygens (including phenoxy) is 1. The van der Waals surface area contributed by atoms with Gasteiger partial charge in [-0.3, -0.25) is 0 Å². The van der Waals surface area contributed by atoms with E-state index >= 15 is 0 Å². The van der Waals surface area contributed by atoms with E-state index in [4.69, 9.17) is 10.5 Å². The van der Waals surface area contributed by atoms with Gasteiger partial charge >= 0.3 is 6.09 Å². The first-order valence-corrected chi connectivity index (χ1v) is 6.96. The summed E-state index contributed by atoms with van der Waals surface area (Å²) in [5.41, 5.74) is 8.39. The van der Waals surface area contributed by atoms with Gasteiger partial charge in [-0.1, -0.05) is 19.9 Å². The van der Waals surface area contributed by atoms with Crippen LogP contribution in [0, 0.1) is 5.41 Å². The largest absolute Gasteiger partial charge is 0.444 e. The fourth-order valence-electron chi connectivity index (χ4n) is 2.76. The molecule has 1 unspecified atom stereocenters. The van der Waals surface area contributed by atoms with Crippen LogP contribution in [0.1, 0.15) is 51.8 Å². The Kier molecular flexibility index (Phi) is 3.44. The van der Waals surface area contributed by atoms with Crippen molar-refractivity contribution in [3.63, 3.8) is 0 Å². The molecule has 0 saturated carbocycles. The molecule has 1 aliphatic carbocycles. The van der Waals surface area contributed by atoms with E-state index < -0.39 is 5.60 Å². The molecule has 4 nitrogen and oxygen atoms in total. The first-order chi connectivity index (χ1) is 9.08. The second kappa shape index (κ2) is 4.69. The van der Waals surface area contributed by atoms with Gasteiger partial charge in [0.15, 0.2) is 0 Å². The van der Waals surface area contributed by atoms with Gasteiger partial charge in [0.2, 0.25) is 0 Å². The molecule has 0 spiro atoms. The van der Waals surface area contributed by atoms with Crippen LogP contribution in [0.4, 0.5) is 10.5 Å². The first kappa shape index (κ1) is 14.7. The van der Waals surface area contributed by atoms with Gasteiger partial charge in [-0.05, 0) is 55.9 Å². The lowest BCUT2D eigenvalue weighted by Crippen LogP contribution is -2.39. The Labute approximate surface area is 120 Å². The zero-order chi connectivity index (χ0) is 15.1. The molecule has 0 radical (unpaired) electrons. The van der Waals surface area contributed by atoms with Gasteiger partial charge in [0.25, 0.3) is 0 Å². The van der Waals surface area contributed by atoms with Gasteiger partial charge in [0, 0.05) is 5.69 Å². The summed E-state index contributed by atoms with van der Waals surface area (Å²) in [5, 5.41) is 2.99. The maximum absolute atomic E-state index is 12.0. The number of nitrogen functional groups attached to an aromatic ring is 1. The fourth-order valence-corrected chi connectivity index (χ4v) is 2.76. The SMILES string of the molecule is CC(C)(C)OC(=O)NC1c2cc(N)ccc2CC1(C)C. The summed E-state index contributed by atoms with van der Waals surface area (Å²) in [6.07, 6.45) is 0.536. The molecule has 2 rings (SSSR count). The van der Waals surface area contributed by atoms with Gasteiger partial charge in [-0.2, -0.15) is 0 Å². The lowest BCUT2D eigenvalue weighted by molar-refractivity contribution is 0.0465. The standard InChI is InChI=1S/C16H24N2O2/c1-15(2,3)20-14(19)18-13-12-8-11(17)7-6-10(12)9-16(13,4)5/h6-8,13H,9,17H2,1-5H3,(H,18,19). The lowest BCUT2D eigenvalue weighted by atomic mass is 9.85. The number of anilines is 1. The van der Waals surface area contributed by atoms with Crippen LogP contribution in [0.25, 0.3) is 0 Å². The maximum Gasteiger partial charge on any atom is 0.408 e. The van der Waals surface area contributed by atoms with Crippen molar-refractivity contribution in [2.45, 2.75) is 52.7 Å². The molecule has 20 heavy (non-hydrogen) atoms. The Morgan fingerprint density at radius 3 is 2.65 bits per heavy atom. The Hall–Kier alpha value is -1.71. The molecule has 3 N–H and O–H groups in total. The van der Waals surface area contributed by atoms with Gasteiger partial charge in [0.05, 0.1) is 6.04 Å². The molecule has 0 fully saturated rings. The van der Waals surface area contributed by atoms with Crippen LogP contribution in [0.2, 0.25) is 0 Å². The number of nitrogens with one attached hydrogen (secondary N) is 1. The van der Waals surface area contributed by atoms with Crippen molar-refractivity contribution in [1.29, 1.82) is 0 Å². The molecule has 110 valence electrons. The van der Waals surface area contributed by atoms with Gasteiger partial charge in [-0.15, -0.1) is 0 Å². The van der Waals surface area contributed by atoms with Crippen LogP contribution in [-0.2, 0) is 11.2 Å². The molecular formula is C16H24N2O2. The molecule has 0 aromatic heterocycles. The average molecular weight is 276 g/mol. The van der Waals surface area contributed by atoms with E-state index in [2.05, 4.69) is 19.2 Å². The predicted octanol–water partition coefficient (Wildman–Crippen LogP) is 3.42. The minimum Gasteiger partial charge on any atom is -0.444 e. The molecule has 1 aromatic rings. The lowest BCUT2D eigenvalue weighted by Gasteiger charge is -2.30. The molecule has 0 heterocycles. The number of benzene rings is 1. The van der Waals surface area contributed by atoms with E-state index in [-0.39, 0.29) is 17.6 Å². The highest BCUT2D eigenvalue weighted by Gasteiger charge is 2.40. The number of rotatable bonds is 1. The highest BCUT2D eigenvalue weighted by atomic mass is 16.6. The summed E-state index contributed by atoms with van der Waals surface area (Å²) in [6.45, 7) is 9.87. The summed E-state index contributed by atoms with van der Waals surface area (Å²) in [7, 11) is 0. The highest BCUT2D eigenvalue weighted by Crippen LogP contribution is 2.45. The summed E-state index contributed by atoms with van der Waals surface area (Å²) >= 11 is 0. The van der Waals surface area contributed by atoms with E-state index in [9.17, 15) is 4.79 Å². The zero-order valence-corrected chi connectivity index (χ0v) is 12.9. The van der Waals surface area contributed by atoms with Crippen LogP contribution in [0.15, 0.2) is 18.2 Å². The van der Waals surface area contributed by atoms with Gasteiger partial charge in [-0.25, -0.2) is 4.79 Å². The quantitative estimate of drug-likeness (QED) is 0.772. The molecule has 4 heteroatoms. The Morgan fingerprint density at radius 1 is 1.40 bits per heavy atom. The third kappa shape index (κ3) is 3.06. The van der Waals surface area contributed by atoms with Crippen molar-refractivity contribution in [3.8, 4) is 0 Å². The van der Waals surface area contributed by atoms with Crippen molar-refractivity contribution < 1.29 is 9.53 Å². The second-order valence-electron chi connectivity index (χ2n) is 7.20. The van der Waals surface area contributed by atoms with E-state index in [0.717, 1.165) is 17.7 Å². The van der Waals surface area contributed by atoms with Crippen molar-refractivity contribution in [2.75, 3.05) is 5.73 Å². The van der Waals surface area contributed by atoms with Crippen LogP contribution in [0.3, 0.4) is 0 Å². The maximum atomic E-state index is 12.0. The monoisotopic (exact) mass is 276 g/mol. The predicted molar refractivity (Wildman–Crippen MR) is 80.5 cm³/mol. The highest BCUT2D eigenvalue weighted by molar-refractivity contribution is 5.69. The number of hydrogen-bond donors (Lipinski definition) is 2. The molecule has 1 aromatic carbocycles. The van der Waals surface area contributed by atoms with Crippen molar-refractivity contribution in [3.05, 3.63) is 29.3 Å². The smallest absolute Gasteiger partial charge is 0.408 e. The molecule has 0 saturated heterocycles. The van der Waals surface area contributed by atoms with Gasteiger partial charge < -0.3 is 15.8 Å². The zero-order valence-electron chi connectivity index (χ0n) is 12.9. The number of nitrogens with two attached hydrogens (primary N) is 1. The third-order valence-electron chi connectivity index (χ3n) is 3.57. The average Bonchev–Trinajstić information content (AvgIpc) is 2.48. The topological polar surface area (TPSA) is 64.3 Å². The molecule has 1 atom stereocenters. The molecular weight excluding hydrogens is 252 g/mol. The number of alkyl carbamates (subject to hydrolysis) is 1. The van der Waals surface area contributed by atoms with Crippen molar-refractivity contribution in [1.82, 2.24) is 5.32 Å². The Morgan fingerprint density at radius 2 is 2.05 bits per heavy atom. The molecule has 1 aliphatic rings. The first-order valence-electron chi connectivity index (χ1n) is 6.96. The van der Waals surface area contributed by atoms with Crippen LogP contribution in [0.5, 0.6) is 0 Å². The second-order valence-corrected chi connectivity index (χ2v) is 7.20. The van der Waals surface area contributed by atoms with Crippen molar-refractivity contribution in [2.24, 2.45) is 5.41 Å². The number of amides is 1. The Bertz CT molecular complexity index is 530. The fraction of sp³-hybridized carbons (Fsp3) is 0.562. The molecule has 1 amide bonds.